The largest absolute Gasteiger partial charge is 0.477 e. The van der Waals surface area contributed by atoms with E-state index in [0.29, 0.717) is 17.0 Å². The van der Waals surface area contributed by atoms with Crippen LogP contribution in [0.2, 0.25) is 0 Å². The maximum Gasteiger partial charge on any atom is 0.341 e. The fraction of sp³-hybridized carbons (Fsp3) is 0.526. The van der Waals surface area contributed by atoms with Crippen LogP contribution in [0.3, 0.4) is 0 Å². The van der Waals surface area contributed by atoms with Crippen LogP contribution in [-0.2, 0) is 0 Å². The average Bonchev–Trinajstić information content (AvgIpc) is 3.37. The van der Waals surface area contributed by atoms with E-state index in [1.807, 2.05) is 10.6 Å². The Hall–Kier alpha value is -2.41. The molecule has 1 saturated carbocycles. The van der Waals surface area contributed by atoms with Crippen LogP contribution in [0.5, 0.6) is 0 Å². The number of aromatic carboxylic acids is 1. The molecule has 3 heterocycles. The summed E-state index contributed by atoms with van der Waals surface area (Å²) < 4.78 is 1.88. The van der Waals surface area contributed by atoms with Crippen molar-refractivity contribution in [3.63, 3.8) is 0 Å². The summed E-state index contributed by atoms with van der Waals surface area (Å²) in [5.41, 5.74) is -0.0177. The number of carboxylic acid groups (broad SMARTS) is 1. The minimum Gasteiger partial charge on any atom is -0.477 e. The van der Waals surface area contributed by atoms with E-state index < -0.39 is 11.4 Å². The Labute approximate surface area is 151 Å². The van der Waals surface area contributed by atoms with E-state index in [0.717, 1.165) is 51.3 Å². The van der Waals surface area contributed by atoms with Crippen molar-refractivity contribution < 1.29 is 9.90 Å². The zero-order valence-electron chi connectivity index (χ0n) is 14.9. The molecule has 1 saturated heterocycles. The maximum absolute atomic E-state index is 12.5. The molecule has 2 aliphatic rings. The normalized spacial score (nSPS) is 20.0. The van der Waals surface area contributed by atoms with E-state index in [2.05, 4.69) is 17.1 Å². The molecule has 0 bridgehead atoms. The van der Waals surface area contributed by atoms with Crippen LogP contribution in [0.1, 0.15) is 42.6 Å². The highest BCUT2D eigenvalue weighted by Crippen LogP contribution is 2.37. The molecule has 4 rings (SSSR count). The molecule has 7 heteroatoms. The Morgan fingerprint density at radius 2 is 2.15 bits per heavy atom. The number of fused-ring (bicyclic) bond motifs is 1. The van der Waals surface area contributed by atoms with Crippen LogP contribution >= 0.6 is 0 Å². The van der Waals surface area contributed by atoms with Crippen molar-refractivity contribution in [1.29, 1.82) is 0 Å². The summed E-state index contributed by atoms with van der Waals surface area (Å²) in [7, 11) is 0. The SMILES string of the molecule is CCNCC1CCN(c2ccc3c(=O)c(C(=O)O)cn(C4CC4)c3n2)C1. The van der Waals surface area contributed by atoms with Crippen LogP contribution in [-0.4, -0.2) is 46.8 Å². The van der Waals surface area contributed by atoms with Crippen molar-refractivity contribution in [2.75, 3.05) is 31.1 Å². The van der Waals surface area contributed by atoms with Crippen LogP contribution in [0, 0.1) is 5.92 Å². The molecule has 0 radical (unpaired) electrons. The lowest BCUT2D eigenvalue weighted by atomic mass is 10.1. The monoisotopic (exact) mass is 356 g/mol. The van der Waals surface area contributed by atoms with E-state index in [1.165, 1.54) is 6.20 Å². The zero-order chi connectivity index (χ0) is 18.3. The molecule has 0 aromatic carbocycles. The molecular formula is C19H24N4O3. The summed E-state index contributed by atoms with van der Waals surface area (Å²) in [6.45, 7) is 6.00. The molecule has 1 atom stereocenters. The first-order valence-electron chi connectivity index (χ1n) is 9.33. The second-order valence-corrected chi connectivity index (χ2v) is 7.26. The van der Waals surface area contributed by atoms with Gasteiger partial charge in [0.1, 0.15) is 17.0 Å². The first-order chi connectivity index (χ1) is 12.6. The molecule has 2 aromatic rings. The summed E-state index contributed by atoms with van der Waals surface area (Å²) in [5.74, 6) is 0.294. The molecule has 2 aromatic heterocycles. The van der Waals surface area contributed by atoms with Crippen molar-refractivity contribution in [2.45, 2.75) is 32.2 Å². The number of nitrogens with one attached hydrogen (secondary N) is 1. The van der Waals surface area contributed by atoms with E-state index in [9.17, 15) is 14.7 Å². The minimum atomic E-state index is -1.18. The van der Waals surface area contributed by atoms with Gasteiger partial charge in [-0.1, -0.05) is 6.92 Å². The topological polar surface area (TPSA) is 87.5 Å². The molecule has 138 valence electrons. The van der Waals surface area contributed by atoms with Crippen LogP contribution in [0.4, 0.5) is 5.82 Å². The van der Waals surface area contributed by atoms with Gasteiger partial charge >= 0.3 is 5.97 Å². The molecule has 26 heavy (non-hydrogen) atoms. The number of hydrogen-bond donors (Lipinski definition) is 2. The van der Waals surface area contributed by atoms with Crippen LogP contribution in [0.15, 0.2) is 23.1 Å². The molecule has 7 nitrogen and oxygen atoms in total. The predicted octanol–water partition coefficient (Wildman–Crippen LogP) is 1.87. The van der Waals surface area contributed by atoms with Gasteiger partial charge in [0.05, 0.1) is 5.39 Å². The Morgan fingerprint density at radius 1 is 1.35 bits per heavy atom. The molecule has 1 aliphatic carbocycles. The van der Waals surface area contributed by atoms with Crippen molar-refractivity contribution in [3.05, 3.63) is 34.1 Å². The average molecular weight is 356 g/mol. The summed E-state index contributed by atoms with van der Waals surface area (Å²) in [6.07, 6.45) is 4.59. The second kappa shape index (κ2) is 6.72. The predicted molar refractivity (Wildman–Crippen MR) is 100 cm³/mol. The molecule has 1 unspecified atom stereocenters. The Balaban J connectivity index is 1.71. The van der Waals surface area contributed by atoms with Gasteiger partial charge in [-0.25, -0.2) is 9.78 Å². The summed E-state index contributed by atoms with van der Waals surface area (Å²) in [6, 6.07) is 3.84. The van der Waals surface area contributed by atoms with E-state index in [-0.39, 0.29) is 11.6 Å². The van der Waals surface area contributed by atoms with E-state index >= 15 is 0 Å². The summed E-state index contributed by atoms with van der Waals surface area (Å²) in [5, 5.41) is 13.1. The van der Waals surface area contributed by atoms with Gasteiger partial charge in [-0.15, -0.1) is 0 Å². The van der Waals surface area contributed by atoms with Crippen molar-refractivity contribution in [3.8, 4) is 0 Å². The third kappa shape index (κ3) is 3.07. The standard InChI is InChI=1S/C19H24N4O3/c1-2-20-9-12-7-8-22(10-12)16-6-5-14-17(24)15(19(25)26)11-23(13-3-4-13)18(14)21-16/h5-6,11-13,20H,2-4,7-10H2,1H3,(H,25,26). The van der Waals surface area contributed by atoms with Gasteiger partial charge < -0.3 is 19.9 Å². The highest BCUT2D eigenvalue weighted by atomic mass is 16.4. The fourth-order valence-electron chi connectivity index (χ4n) is 3.73. The first kappa shape index (κ1) is 17.0. The van der Waals surface area contributed by atoms with Gasteiger partial charge in [0.25, 0.3) is 0 Å². The molecule has 1 aliphatic heterocycles. The Morgan fingerprint density at radius 3 is 2.85 bits per heavy atom. The second-order valence-electron chi connectivity index (χ2n) is 7.26. The smallest absolute Gasteiger partial charge is 0.341 e. The number of carbonyl (C=O) groups is 1. The van der Waals surface area contributed by atoms with Crippen LogP contribution in [0.25, 0.3) is 11.0 Å². The third-order valence-corrected chi connectivity index (χ3v) is 5.33. The minimum absolute atomic E-state index is 0.175. The quantitative estimate of drug-likeness (QED) is 0.822. The van der Waals surface area contributed by atoms with Crippen molar-refractivity contribution >= 4 is 22.8 Å². The molecule has 0 amide bonds. The molecular weight excluding hydrogens is 332 g/mol. The number of nitrogens with zero attached hydrogens (tertiary/aromatic N) is 3. The van der Waals surface area contributed by atoms with Crippen molar-refractivity contribution in [1.82, 2.24) is 14.9 Å². The third-order valence-electron chi connectivity index (χ3n) is 5.33. The van der Waals surface area contributed by atoms with Gasteiger partial charge in [-0.2, -0.15) is 0 Å². The number of aromatic nitrogens is 2. The van der Waals surface area contributed by atoms with E-state index in [4.69, 9.17) is 4.98 Å². The molecule has 2 fully saturated rings. The maximum atomic E-state index is 12.5. The highest BCUT2D eigenvalue weighted by Gasteiger charge is 2.28. The lowest BCUT2D eigenvalue weighted by molar-refractivity contribution is 0.0695. The van der Waals surface area contributed by atoms with Gasteiger partial charge in [-0.05, 0) is 50.4 Å². The van der Waals surface area contributed by atoms with Crippen LogP contribution < -0.4 is 15.6 Å². The van der Waals surface area contributed by atoms with Gasteiger partial charge in [0.2, 0.25) is 5.43 Å². The van der Waals surface area contributed by atoms with Crippen molar-refractivity contribution in [2.24, 2.45) is 5.92 Å². The summed E-state index contributed by atoms with van der Waals surface area (Å²) >= 11 is 0. The summed E-state index contributed by atoms with van der Waals surface area (Å²) in [4.78, 5) is 31.0. The molecule has 0 spiro atoms. The Kier molecular flexibility index (Phi) is 4.40. The number of rotatable bonds is 6. The Bertz CT molecular complexity index is 904. The lowest BCUT2D eigenvalue weighted by Gasteiger charge is -2.19. The number of carboxylic acids is 1. The highest BCUT2D eigenvalue weighted by molar-refractivity contribution is 5.92. The number of hydrogen-bond acceptors (Lipinski definition) is 5. The molecule has 2 N–H and O–H groups in total. The van der Waals surface area contributed by atoms with Gasteiger partial charge in [0.15, 0.2) is 0 Å². The number of anilines is 1. The van der Waals surface area contributed by atoms with Gasteiger partial charge in [0, 0.05) is 25.3 Å². The fourth-order valence-corrected chi connectivity index (χ4v) is 3.73. The number of pyridine rings is 2. The zero-order valence-corrected chi connectivity index (χ0v) is 14.9. The first-order valence-corrected chi connectivity index (χ1v) is 9.33. The van der Waals surface area contributed by atoms with Gasteiger partial charge in [-0.3, -0.25) is 4.79 Å². The lowest BCUT2D eigenvalue weighted by Crippen LogP contribution is -2.27. The van der Waals surface area contributed by atoms with E-state index in [1.54, 1.807) is 6.07 Å².